The van der Waals surface area contributed by atoms with Gasteiger partial charge in [-0.1, -0.05) is 0 Å². The minimum atomic E-state index is 0.584. The van der Waals surface area contributed by atoms with Crippen molar-refractivity contribution < 1.29 is 4.74 Å². The maximum absolute atomic E-state index is 5.47. The van der Waals surface area contributed by atoms with Crippen molar-refractivity contribution in [1.29, 1.82) is 0 Å². The molecule has 1 saturated heterocycles. The second kappa shape index (κ2) is 7.20. The van der Waals surface area contributed by atoms with E-state index in [9.17, 15) is 0 Å². The number of hydrogen-bond donors (Lipinski definition) is 1. The Balaban J connectivity index is 2.18. The monoisotopic (exact) mass is 214 g/mol. The van der Waals surface area contributed by atoms with E-state index in [4.69, 9.17) is 4.74 Å². The Morgan fingerprint density at radius 3 is 2.60 bits per heavy atom. The van der Waals surface area contributed by atoms with Crippen molar-refractivity contribution in [2.75, 3.05) is 39.9 Å². The van der Waals surface area contributed by atoms with Gasteiger partial charge in [0.2, 0.25) is 0 Å². The van der Waals surface area contributed by atoms with Gasteiger partial charge in [-0.25, -0.2) is 0 Å². The molecule has 1 unspecified atom stereocenters. The van der Waals surface area contributed by atoms with Gasteiger partial charge in [0.05, 0.1) is 6.61 Å². The summed E-state index contributed by atoms with van der Waals surface area (Å²) in [6, 6.07) is 0.584. The van der Waals surface area contributed by atoms with Gasteiger partial charge in [0, 0.05) is 12.6 Å². The molecule has 0 aliphatic carbocycles. The highest BCUT2D eigenvalue weighted by atomic mass is 16.5. The van der Waals surface area contributed by atoms with Crippen molar-refractivity contribution in [1.82, 2.24) is 10.2 Å². The largest absolute Gasteiger partial charge is 0.380 e. The summed E-state index contributed by atoms with van der Waals surface area (Å²) in [5.41, 5.74) is 0. The Kier molecular flexibility index (Phi) is 6.22. The molecule has 15 heavy (non-hydrogen) atoms. The maximum atomic E-state index is 5.47. The van der Waals surface area contributed by atoms with Crippen LogP contribution in [0.4, 0.5) is 0 Å². The van der Waals surface area contributed by atoms with Crippen LogP contribution in [0.2, 0.25) is 0 Å². The lowest BCUT2D eigenvalue weighted by atomic mass is 9.96. The summed E-state index contributed by atoms with van der Waals surface area (Å²) in [5.74, 6) is 0.880. The van der Waals surface area contributed by atoms with Gasteiger partial charge in [-0.05, 0) is 59.3 Å². The summed E-state index contributed by atoms with van der Waals surface area (Å²) in [5, 5.41) is 3.27. The minimum Gasteiger partial charge on any atom is -0.380 e. The molecule has 0 aromatic heterocycles. The molecule has 1 aliphatic rings. The molecule has 0 amide bonds. The molecule has 1 heterocycles. The first kappa shape index (κ1) is 12.9. The number of nitrogens with one attached hydrogen (secondary N) is 1. The predicted octanol–water partition coefficient (Wildman–Crippen LogP) is 1.34. The van der Waals surface area contributed by atoms with Crippen LogP contribution in [-0.2, 0) is 4.74 Å². The highest BCUT2D eigenvalue weighted by Crippen LogP contribution is 2.18. The molecular formula is C12H26N2O. The van der Waals surface area contributed by atoms with Crippen LogP contribution < -0.4 is 5.32 Å². The Hall–Kier alpha value is -0.120. The Morgan fingerprint density at radius 2 is 2.07 bits per heavy atom. The van der Waals surface area contributed by atoms with Gasteiger partial charge in [0.1, 0.15) is 0 Å². The molecule has 0 radical (unpaired) electrons. The first-order valence-electron chi connectivity index (χ1n) is 6.24. The molecule has 0 spiro atoms. The standard InChI is InChI=1S/C12H26N2O/c1-4-15-10-11(2)14-7-5-12(6-8-14)9-13-3/h11-13H,4-10H2,1-3H3. The average molecular weight is 214 g/mol. The lowest BCUT2D eigenvalue weighted by molar-refractivity contribution is 0.0549. The molecular weight excluding hydrogens is 188 g/mol. The number of ether oxygens (including phenoxy) is 1. The van der Waals surface area contributed by atoms with Crippen molar-refractivity contribution in [2.45, 2.75) is 32.7 Å². The maximum Gasteiger partial charge on any atom is 0.0618 e. The number of rotatable bonds is 6. The second-order valence-corrected chi connectivity index (χ2v) is 4.55. The fraction of sp³-hybridized carbons (Fsp3) is 1.00. The van der Waals surface area contributed by atoms with E-state index in [1.807, 2.05) is 7.05 Å². The van der Waals surface area contributed by atoms with E-state index in [0.717, 1.165) is 19.1 Å². The van der Waals surface area contributed by atoms with Crippen molar-refractivity contribution in [3.63, 3.8) is 0 Å². The second-order valence-electron chi connectivity index (χ2n) is 4.55. The first-order valence-corrected chi connectivity index (χ1v) is 6.24. The molecule has 1 rings (SSSR count). The molecule has 0 aromatic rings. The fourth-order valence-electron chi connectivity index (χ4n) is 2.28. The predicted molar refractivity (Wildman–Crippen MR) is 64.2 cm³/mol. The van der Waals surface area contributed by atoms with E-state index < -0.39 is 0 Å². The van der Waals surface area contributed by atoms with Crippen molar-refractivity contribution >= 4 is 0 Å². The van der Waals surface area contributed by atoms with Crippen LogP contribution >= 0.6 is 0 Å². The zero-order chi connectivity index (χ0) is 11.1. The highest BCUT2D eigenvalue weighted by molar-refractivity contribution is 4.76. The summed E-state index contributed by atoms with van der Waals surface area (Å²) in [6.45, 7) is 9.70. The summed E-state index contributed by atoms with van der Waals surface area (Å²) in [4.78, 5) is 2.56. The summed E-state index contributed by atoms with van der Waals surface area (Å²) >= 11 is 0. The minimum absolute atomic E-state index is 0.584. The molecule has 1 N–H and O–H groups in total. The molecule has 0 bridgehead atoms. The van der Waals surface area contributed by atoms with E-state index in [2.05, 4.69) is 24.1 Å². The quantitative estimate of drug-likeness (QED) is 0.722. The van der Waals surface area contributed by atoms with E-state index in [0.29, 0.717) is 6.04 Å². The van der Waals surface area contributed by atoms with Gasteiger partial charge in [-0.3, -0.25) is 4.90 Å². The average Bonchev–Trinajstić information content (AvgIpc) is 2.27. The van der Waals surface area contributed by atoms with Crippen LogP contribution in [0.5, 0.6) is 0 Å². The molecule has 3 heteroatoms. The van der Waals surface area contributed by atoms with Crippen LogP contribution in [0.3, 0.4) is 0 Å². The number of hydrogen-bond acceptors (Lipinski definition) is 3. The molecule has 90 valence electrons. The van der Waals surface area contributed by atoms with Crippen molar-refractivity contribution in [3.8, 4) is 0 Å². The lowest BCUT2D eigenvalue weighted by Crippen LogP contribution is -2.43. The van der Waals surface area contributed by atoms with E-state index in [1.54, 1.807) is 0 Å². The SMILES string of the molecule is CCOCC(C)N1CCC(CNC)CC1. The third-order valence-electron chi connectivity index (χ3n) is 3.33. The smallest absolute Gasteiger partial charge is 0.0618 e. The summed E-state index contributed by atoms with van der Waals surface area (Å²) < 4.78 is 5.47. The van der Waals surface area contributed by atoms with E-state index in [-0.39, 0.29) is 0 Å². The molecule has 1 atom stereocenters. The number of piperidine rings is 1. The van der Waals surface area contributed by atoms with Crippen LogP contribution in [0, 0.1) is 5.92 Å². The van der Waals surface area contributed by atoms with Crippen molar-refractivity contribution in [2.24, 2.45) is 5.92 Å². The fourth-order valence-corrected chi connectivity index (χ4v) is 2.28. The topological polar surface area (TPSA) is 24.5 Å². The third-order valence-corrected chi connectivity index (χ3v) is 3.33. The molecule has 0 saturated carbocycles. The Bertz CT molecular complexity index is 156. The first-order chi connectivity index (χ1) is 7.27. The van der Waals surface area contributed by atoms with Crippen LogP contribution in [0.15, 0.2) is 0 Å². The van der Waals surface area contributed by atoms with E-state index >= 15 is 0 Å². The third kappa shape index (κ3) is 4.49. The number of likely N-dealkylation sites (tertiary alicyclic amines) is 1. The lowest BCUT2D eigenvalue weighted by Gasteiger charge is -2.35. The number of nitrogens with zero attached hydrogens (tertiary/aromatic N) is 1. The zero-order valence-electron chi connectivity index (χ0n) is 10.5. The summed E-state index contributed by atoms with van der Waals surface area (Å²) in [6.07, 6.45) is 2.66. The van der Waals surface area contributed by atoms with E-state index in [1.165, 1.54) is 32.5 Å². The Labute approximate surface area is 94.2 Å². The van der Waals surface area contributed by atoms with Crippen LogP contribution in [0.1, 0.15) is 26.7 Å². The molecule has 0 aromatic carbocycles. The van der Waals surface area contributed by atoms with Gasteiger partial charge < -0.3 is 10.1 Å². The van der Waals surface area contributed by atoms with Gasteiger partial charge in [-0.2, -0.15) is 0 Å². The van der Waals surface area contributed by atoms with Crippen LogP contribution in [-0.4, -0.2) is 50.8 Å². The van der Waals surface area contributed by atoms with Gasteiger partial charge in [-0.15, -0.1) is 0 Å². The van der Waals surface area contributed by atoms with Gasteiger partial charge in [0.15, 0.2) is 0 Å². The van der Waals surface area contributed by atoms with Crippen LogP contribution in [0.25, 0.3) is 0 Å². The highest BCUT2D eigenvalue weighted by Gasteiger charge is 2.21. The zero-order valence-corrected chi connectivity index (χ0v) is 10.5. The normalized spacial score (nSPS) is 21.8. The molecule has 1 aliphatic heterocycles. The van der Waals surface area contributed by atoms with Gasteiger partial charge >= 0.3 is 0 Å². The molecule has 3 nitrogen and oxygen atoms in total. The Morgan fingerprint density at radius 1 is 1.40 bits per heavy atom. The summed E-state index contributed by atoms with van der Waals surface area (Å²) in [7, 11) is 2.05. The van der Waals surface area contributed by atoms with Crippen molar-refractivity contribution in [3.05, 3.63) is 0 Å². The molecule has 1 fully saturated rings. The van der Waals surface area contributed by atoms with Gasteiger partial charge in [0.25, 0.3) is 0 Å².